The first kappa shape index (κ1) is 17.1. The number of rotatable bonds is 7. The summed E-state index contributed by atoms with van der Waals surface area (Å²) < 4.78 is 3.83. The molecule has 0 radical (unpaired) electrons. The summed E-state index contributed by atoms with van der Waals surface area (Å²) in [6.07, 6.45) is 5.76. The summed E-state index contributed by atoms with van der Waals surface area (Å²) in [5, 5.41) is 8.96. The molecule has 7 heteroatoms. The number of amides is 1. The van der Waals surface area contributed by atoms with Crippen molar-refractivity contribution in [3.05, 3.63) is 42.0 Å². The number of aromatic nitrogens is 5. The van der Waals surface area contributed by atoms with Gasteiger partial charge in [-0.15, -0.1) is 0 Å². The highest BCUT2D eigenvalue weighted by atomic mass is 16.2. The van der Waals surface area contributed by atoms with Gasteiger partial charge in [0.2, 0.25) is 5.91 Å². The quantitative estimate of drug-likeness (QED) is 0.662. The Bertz CT molecular complexity index is 851. The molecule has 0 atom stereocenters. The maximum absolute atomic E-state index is 12.6. The van der Waals surface area contributed by atoms with Gasteiger partial charge in [0.15, 0.2) is 0 Å². The Hall–Kier alpha value is -2.70. The molecular weight excluding hydrogens is 316 g/mol. The van der Waals surface area contributed by atoms with E-state index >= 15 is 0 Å². The minimum absolute atomic E-state index is 0.128. The van der Waals surface area contributed by atoms with Gasteiger partial charge in [-0.2, -0.15) is 10.2 Å². The highest BCUT2D eigenvalue weighted by Crippen LogP contribution is 2.18. The standard InChI is InChI=1S/C18H24N6O/c1-4-22(13-15-6-9-19-10-7-15)17(25)8-11-24-18-14(3)21-23(5-2)16(18)12-20-24/h6-7,9-10,12H,4-5,8,11,13H2,1-3H3. The number of hydrogen-bond acceptors (Lipinski definition) is 4. The molecule has 0 saturated heterocycles. The monoisotopic (exact) mass is 340 g/mol. The van der Waals surface area contributed by atoms with E-state index in [1.165, 1.54) is 0 Å². The van der Waals surface area contributed by atoms with Crippen LogP contribution in [0.2, 0.25) is 0 Å². The van der Waals surface area contributed by atoms with Crippen molar-refractivity contribution in [3.63, 3.8) is 0 Å². The van der Waals surface area contributed by atoms with Crippen molar-refractivity contribution in [2.24, 2.45) is 0 Å². The molecule has 3 rings (SSSR count). The molecule has 3 heterocycles. The summed E-state index contributed by atoms with van der Waals surface area (Å²) in [6.45, 7) is 8.71. The lowest BCUT2D eigenvalue weighted by Crippen LogP contribution is -2.31. The second-order valence-electron chi connectivity index (χ2n) is 6.02. The lowest BCUT2D eigenvalue weighted by atomic mass is 10.2. The van der Waals surface area contributed by atoms with Crippen LogP contribution in [0.5, 0.6) is 0 Å². The number of pyridine rings is 1. The third kappa shape index (κ3) is 3.55. The van der Waals surface area contributed by atoms with Crippen LogP contribution in [0, 0.1) is 6.92 Å². The molecule has 3 aromatic rings. The summed E-state index contributed by atoms with van der Waals surface area (Å²) in [7, 11) is 0. The van der Waals surface area contributed by atoms with Crippen molar-refractivity contribution in [1.29, 1.82) is 0 Å². The van der Waals surface area contributed by atoms with E-state index in [0.717, 1.165) is 28.8 Å². The predicted molar refractivity (Wildman–Crippen MR) is 95.9 cm³/mol. The van der Waals surface area contributed by atoms with Crippen LogP contribution in [0.1, 0.15) is 31.5 Å². The van der Waals surface area contributed by atoms with Crippen molar-refractivity contribution in [2.75, 3.05) is 6.54 Å². The van der Waals surface area contributed by atoms with Crippen LogP contribution in [-0.2, 0) is 24.4 Å². The van der Waals surface area contributed by atoms with Gasteiger partial charge >= 0.3 is 0 Å². The Morgan fingerprint density at radius 3 is 2.64 bits per heavy atom. The fraction of sp³-hybridized carbons (Fsp3) is 0.444. The lowest BCUT2D eigenvalue weighted by molar-refractivity contribution is -0.131. The van der Waals surface area contributed by atoms with Gasteiger partial charge in [-0.05, 0) is 38.5 Å². The van der Waals surface area contributed by atoms with Crippen LogP contribution in [0.4, 0.5) is 0 Å². The molecule has 0 fully saturated rings. The predicted octanol–water partition coefficient (Wildman–Crippen LogP) is 2.39. The Morgan fingerprint density at radius 1 is 1.20 bits per heavy atom. The number of carbonyl (C=O) groups is 1. The topological polar surface area (TPSA) is 68.8 Å². The molecule has 0 saturated carbocycles. The average Bonchev–Trinajstić information content (AvgIpc) is 3.19. The van der Waals surface area contributed by atoms with Gasteiger partial charge in [0.05, 0.1) is 18.4 Å². The number of fused-ring (bicyclic) bond motifs is 1. The maximum Gasteiger partial charge on any atom is 0.224 e. The number of aryl methyl sites for hydroxylation is 3. The molecule has 0 N–H and O–H groups in total. The van der Waals surface area contributed by atoms with Crippen LogP contribution >= 0.6 is 0 Å². The second kappa shape index (κ2) is 7.46. The van der Waals surface area contributed by atoms with E-state index in [1.807, 2.05) is 46.4 Å². The van der Waals surface area contributed by atoms with Crippen LogP contribution in [0.25, 0.3) is 11.0 Å². The molecule has 7 nitrogen and oxygen atoms in total. The summed E-state index contributed by atoms with van der Waals surface area (Å²) in [5.41, 5.74) is 4.08. The molecule has 0 unspecified atom stereocenters. The lowest BCUT2D eigenvalue weighted by Gasteiger charge is -2.21. The van der Waals surface area contributed by atoms with Crippen molar-refractivity contribution >= 4 is 16.9 Å². The summed E-state index contributed by atoms with van der Waals surface area (Å²) in [4.78, 5) is 18.5. The van der Waals surface area contributed by atoms with Crippen molar-refractivity contribution in [2.45, 2.75) is 46.8 Å². The van der Waals surface area contributed by atoms with Crippen LogP contribution < -0.4 is 0 Å². The van der Waals surface area contributed by atoms with Gasteiger partial charge in [0.25, 0.3) is 0 Å². The van der Waals surface area contributed by atoms with Crippen LogP contribution in [-0.4, -0.2) is 41.9 Å². The van der Waals surface area contributed by atoms with E-state index in [0.29, 0.717) is 26.1 Å². The smallest absolute Gasteiger partial charge is 0.224 e. The minimum atomic E-state index is 0.128. The van der Waals surface area contributed by atoms with Crippen molar-refractivity contribution in [3.8, 4) is 0 Å². The maximum atomic E-state index is 12.6. The Labute approximate surface area is 147 Å². The zero-order valence-corrected chi connectivity index (χ0v) is 15.0. The largest absolute Gasteiger partial charge is 0.339 e. The highest BCUT2D eigenvalue weighted by molar-refractivity contribution is 5.79. The van der Waals surface area contributed by atoms with Gasteiger partial charge in [-0.25, -0.2) is 0 Å². The van der Waals surface area contributed by atoms with Crippen molar-refractivity contribution < 1.29 is 4.79 Å². The fourth-order valence-electron chi connectivity index (χ4n) is 3.07. The molecule has 1 amide bonds. The fourth-order valence-corrected chi connectivity index (χ4v) is 3.07. The summed E-state index contributed by atoms with van der Waals surface area (Å²) >= 11 is 0. The van der Waals surface area contributed by atoms with E-state index in [-0.39, 0.29) is 5.91 Å². The summed E-state index contributed by atoms with van der Waals surface area (Å²) in [6, 6.07) is 3.88. The SMILES string of the molecule is CCN(Cc1ccncc1)C(=O)CCn1ncc2c1c(C)nn2CC. The molecular formula is C18H24N6O. The van der Waals surface area contributed by atoms with E-state index in [4.69, 9.17) is 0 Å². The number of carbonyl (C=O) groups excluding carboxylic acids is 1. The molecule has 3 aromatic heterocycles. The van der Waals surface area contributed by atoms with E-state index < -0.39 is 0 Å². The third-order valence-corrected chi connectivity index (χ3v) is 4.41. The molecule has 132 valence electrons. The Kier molecular flexibility index (Phi) is 5.11. The number of nitrogens with zero attached hydrogens (tertiary/aromatic N) is 6. The first-order chi connectivity index (χ1) is 12.1. The number of hydrogen-bond donors (Lipinski definition) is 0. The molecule has 0 aliphatic carbocycles. The van der Waals surface area contributed by atoms with Gasteiger partial charge in [-0.1, -0.05) is 0 Å². The van der Waals surface area contributed by atoms with Crippen molar-refractivity contribution in [1.82, 2.24) is 29.4 Å². The third-order valence-electron chi connectivity index (χ3n) is 4.41. The summed E-state index contributed by atoms with van der Waals surface area (Å²) in [5.74, 6) is 0.128. The molecule has 0 spiro atoms. The first-order valence-electron chi connectivity index (χ1n) is 8.69. The van der Waals surface area contributed by atoms with E-state index in [2.05, 4.69) is 22.1 Å². The minimum Gasteiger partial charge on any atom is -0.339 e. The second-order valence-corrected chi connectivity index (χ2v) is 6.02. The molecule has 0 bridgehead atoms. The molecule has 25 heavy (non-hydrogen) atoms. The van der Waals surface area contributed by atoms with E-state index in [9.17, 15) is 4.79 Å². The van der Waals surface area contributed by atoms with Gasteiger partial charge in [0.1, 0.15) is 11.0 Å². The van der Waals surface area contributed by atoms with Gasteiger partial charge in [0, 0.05) is 38.4 Å². The average molecular weight is 340 g/mol. The Morgan fingerprint density at radius 2 is 1.96 bits per heavy atom. The van der Waals surface area contributed by atoms with E-state index in [1.54, 1.807) is 12.4 Å². The zero-order valence-electron chi connectivity index (χ0n) is 15.0. The molecule has 0 aliphatic rings. The molecule has 0 aromatic carbocycles. The van der Waals surface area contributed by atoms with Crippen LogP contribution in [0.15, 0.2) is 30.7 Å². The first-order valence-corrected chi connectivity index (χ1v) is 8.69. The highest BCUT2D eigenvalue weighted by Gasteiger charge is 2.16. The van der Waals surface area contributed by atoms with Crippen LogP contribution in [0.3, 0.4) is 0 Å². The van der Waals surface area contributed by atoms with Gasteiger partial charge < -0.3 is 4.90 Å². The normalized spacial score (nSPS) is 11.2. The molecule has 0 aliphatic heterocycles. The Balaban J connectivity index is 1.68. The van der Waals surface area contributed by atoms with Gasteiger partial charge in [-0.3, -0.25) is 19.1 Å². The zero-order chi connectivity index (χ0) is 17.8.